The summed E-state index contributed by atoms with van der Waals surface area (Å²) in [5, 5.41) is 2.28. The maximum absolute atomic E-state index is 6.04. The minimum atomic E-state index is 0.597. The molecule has 1 aromatic carbocycles. The second-order valence-electron chi connectivity index (χ2n) is 4.75. The van der Waals surface area contributed by atoms with E-state index in [4.69, 9.17) is 23.2 Å². The van der Waals surface area contributed by atoms with Crippen LogP contribution in [0.4, 0.5) is 0 Å². The van der Waals surface area contributed by atoms with E-state index in [9.17, 15) is 0 Å². The largest absolute Gasteiger partial charge is 0.323 e. The fraction of sp³-hybridized carbons (Fsp3) is 0.400. The van der Waals surface area contributed by atoms with Crippen LogP contribution >= 0.6 is 35.0 Å². The lowest BCUT2D eigenvalue weighted by atomic mass is 10.2. The average Bonchev–Trinajstić information content (AvgIpc) is 2.68. The van der Waals surface area contributed by atoms with Crippen LogP contribution in [0.25, 0.3) is 0 Å². The highest BCUT2D eigenvalue weighted by Crippen LogP contribution is 2.28. The topological polar surface area (TPSA) is 17.8 Å². The molecule has 1 aromatic heterocycles. The van der Waals surface area contributed by atoms with E-state index in [0.717, 1.165) is 35.1 Å². The normalized spacial score (nSPS) is 11.1. The first-order valence-corrected chi connectivity index (χ1v) is 8.37. The number of hydrogen-bond acceptors (Lipinski definition) is 2. The van der Waals surface area contributed by atoms with Crippen LogP contribution in [0.3, 0.4) is 0 Å². The van der Waals surface area contributed by atoms with Gasteiger partial charge in [0.2, 0.25) is 0 Å². The minimum Gasteiger partial charge on any atom is -0.323 e. The van der Waals surface area contributed by atoms with Gasteiger partial charge in [0.05, 0.1) is 15.7 Å². The van der Waals surface area contributed by atoms with Gasteiger partial charge in [-0.3, -0.25) is 0 Å². The number of imidazole rings is 1. The summed E-state index contributed by atoms with van der Waals surface area (Å²) in [6, 6.07) is 5.77. The van der Waals surface area contributed by atoms with E-state index in [0.29, 0.717) is 10.0 Å². The Hall–Kier alpha value is -0.640. The first-order valence-electron chi connectivity index (χ1n) is 6.63. The van der Waals surface area contributed by atoms with Gasteiger partial charge in [-0.15, -0.1) is 0 Å². The van der Waals surface area contributed by atoms with Gasteiger partial charge in [0.1, 0.15) is 0 Å². The molecule has 0 aliphatic carbocycles. The Morgan fingerprint density at radius 1 is 1.20 bits per heavy atom. The van der Waals surface area contributed by atoms with Gasteiger partial charge in [-0.1, -0.05) is 48.0 Å². The molecule has 0 unspecified atom stereocenters. The Morgan fingerprint density at radius 2 is 1.95 bits per heavy atom. The van der Waals surface area contributed by atoms with Crippen LogP contribution in [-0.4, -0.2) is 9.55 Å². The van der Waals surface area contributed by atoms with Crippen molar-refractivity contribution in [2.24, 2.45) is 0 Å². The molecule has 0 spiro atoms. The number of aryl methyl sites for hydroxylation is 1. The summed E-state index contributed by atoms with van der Waals surface area (Å²) >= 11 is 13.7. The summed E-state index contributed by atoms with van der Waals surface area (Å²) in [6.45, 7) is 7.38. The number of halogens is 2. The second-order valence-corrected chi connectivity index (χ2v) is 6.51. The van der Waals surface area contributed by atoms with Crippen LogP contribution in [0.15, 0.2) is 23.4 Å². The molecule has 108 valence electrons. The fourth-order valence-electron chi connectivity index (χ4n) is 2.00. The zero-order chi connectivity index (χ0) is 14.7. The van der Waals surface area contributed by atoms with E-state index < -0.39 is 0 Å². The summed E-state index contributed by atoms with van der Waals surface area (Å²) in [4.78, 5) is 4.65. The number of benzene rings is 1. The van der Waals surface area contributed by atoms with E-state index >= 15 is 0 Å². The Morgan fingerprint density at radius 3 is 2.60 bits per heavy atom. The molecule has 0 amide bonds. The minimum absolute atomic E-state index is 0.597. The average molecular weight is 329 g/mol. The molecule has 20 heavy (non-hydrogen) atoms. The third-order valence-corrected chi connectivity index (χ3v) is 5.01. The first kappa shape index (κ1) is 15.7. The SMILES string of the molecule is CCCn1c(SCc2ccc(Cl)c(Cl)c2)nc(C)c1C. The summed E-state index contributed by atoms with van der Waals surface area (Å²) in [6.07, 6.45) is 1.11. The monoisotopic (exact) mass is 328 g/mol. The lowest BCUT2D eigenvalue weighted by molar-refractivity contribution is 0.606. The molecule has 0 atom stereocenters. The molecule has 0 radical (unpaired) electrons. The third-order valence-electron chi connectivity index (χ3n) is 3.22. The molecule has 0 fully saturated rings. The maximum Gasteiger partial charge on any atom is 0.168 e. The molecule has 1 heterocycles. The van der Waals surface area contributed by atoms with Gasteiger partial charge < -0.3 is 4.57 Å². The van der Waals surface area contributed by atoms with Crippen LogP contribution in [0.2, 0.25) is 10.0 Å². The van der Waals surface area contributed by atoms with E-state index in [-0.39, 0.29) is 0 Å². The molecular weight excluding hydrogens is 311 g/mol. The standard InChI is InChI=1S/C15H18Cl2N2S/c1-4-7-19-11(3)10(2)18-15(19)20-9-12-5-6-13(16)14(17)8-12/h5-6,8H,4,7,9H2,1-3H3. The molecule has 0 aliphatic rings. The Kier molecular flexibility index (Phi) is 5.42. The van der Waals surface area contributed by atoms with Gasteiger partial charge in [-0.2, -0.15) is 0 Å². The van der Waals surface area contributed by atoms with Crippen LogP contribution in [0.5, 0.6) is 0 Å². The predicted molar refractivity (Wildman–Crippen MR) is 88.0 cm³/mol. The summed E-state index contributed by atoms with van der Waals surface area (Å²) in [7, 11) is 0. The maximum atomic E-state index is 6.04. The molecule has 0 saturated carbocycles. The Bertz CT molecular complexity index is 608. The van der Waals surface area contributed by atoms with E-state index in [1.807, 2.05) is 18.2 Å². The van der Waals surface area contributed by atoms with Crippen molar-refractivity contribution in [3.63, 3.8) is 0 Å². The predicted octanol–water partition coefficient (Wildman–Crippen LogP) is 5.51. The molecule has 0 N–H and O–H groups in total. The molecule has 2 rings (SSSR count). The van der Waals surface area contributed by atoms with Gasteiger partial charge in [-0.25, -0.2) is 4.98 Å². The van der Waals surface area contributed by atoms with Crippen LogP contribution < -0.4 is 0 Å². The molecule has 5 heteroatoms. The van der Waals surface area contributed by atoms with E-state index in [2.05, 4.69) is 30.3 Å². The summed E-state index contributed by atoms with van der Waals surface area (Å²) < 4.78 is 2.29. The van der Waals surface area contributed by atoms with Crippen molar-refractivity contribution in [1.82, 2.24) is 9.55 Å². The first-order chi connectivity index (χ1) is 9.52. The van der Waals surface area contributed by atoms with Gasteiger partial charge >= 0.3 is 0 Å². The zero-order valence-corrected chi connectivity index (χ0v) is 14.2. The van der Waals surface area contributed by atoms with Gasteiger partial charge in [-0.05, 0) is 38.0 Å². The van der Waals surface area contributed by atoms with Gasteiger partial charge in [0.15, 0.2) is 5.16 Å². The van der Waals surface area contributed by atoms with Crippen molar-refractivity contribution in [2.45, 2.75) is 44.6 Å². The van der Waals surface area contributed by atoms with Gasteiger partial charge in [0.25, 0.3) is 0 Å². The van der Waals surface area contributed by atoms with Crippen molar-refractivity contribution >= 4 is 35.0 Å². The highest BCUT2D eigenvalue weighted by molar-refractivity contribution is 7.98. The summed E-state index contributed by atoms with van der Waals surface area (Å²) in [5.41, 5.74) is 3.52. The van der Waals surface area contributed by atoms with Crippen molar-refractivity contribution < 1.29 is 0 Å². The van der Waals surface area contributed by atoms with E-state index in [1.54, 1.807) is 11.8 Å². The van der Waals surface area contributed by atoms with Crippen molar-refractivity contribution in [2.75, 3.05) is 0 Å². The Balaban J connectivity index is 2.14. The molecule has 2 nitrogen and oxygen atoms in total. The second kappa shape index (κ2) is 6.88. The number of aromatic nitrogens is 2. The highest BCUT2D eigenvalue weighted by Gasteiger charge is 2.11. The van der Waals surface area contributed by atoms with Crippen LogP contribution in [0.1, 0.15) is 30.3 Å². The number of thioether (sulfide) groups is 1. The molecule has 0 bridgehead atoms. The lowest BCUT2D eigenvalue weighted by Gasteiger charge is -2.08. The Labute approximate surface area is 134 Å². The molecule has 2 aromatic rings. The third kappa shape index (κ3) is 3.51. The lowest BCUT2D eigenvalue weighted by Crippen LogP contribution is -2.01. The van der Waals surface area contributed by atoms with Gasteiger partial charge in [0, 0.05) is 18.0 Å². The number of rotatable bonds is 5. The van der Waals surface area contributed by atoms with Crippen molar-refractivity contribution in [1.29, 1.82) is 0 Å². The molecule has 0 aliphatic heterocycles. The van der Waals surface area contributed by atoms with Crippen molar-refractivity contribution in [3.8, 4) is 0 Å². The fourth-order valence-corrected chi connectivity index (χ4v) is 3.38. The number of nitrogens with zero attached hydrogens (tertiary/aromatic N) is 2. The highest BCUT2D eigenvalue weighted by atomic mass is 35.5. The van der Waals surface area contributed by atoms with Crippen LogP contribution in [0, 0.1) is 13.8 Å². The number of hydrogen-bond donors (Lipinski definition) is 0. The van der Waals surface area contributed by atoms with Crippen LogP contribution in [-0.2, 0) is 12.3 Å². The smallest absolute Gasteiger partial charge is 0.168 e. The summed E-state index contributed by atoms with van der Waals surface area (Å²) in [5.74, 6) is 0.844. The zero-order valence-electron chi connectivity index (χ0n) is 11.9. The molecular formula is C15H18Cl2N2S. The molecule has 0 saturated heterocycles. The quantitative estimate of drug-likeness (QED) is 0.673. The van der Waals surface area contributed by atoms with Crippen molar-refractivity contribution in [3.05, 3.63) is 45.2 Å². The van der Waals surface area contributed by atoms with E-state index in [1.165, 1.54) is 5.69 Å².